The normalized spacial score (nSPS) is 32.4. The van der Waals surface area contributed by atoms with Gasteiger partial charge in [-0.05, 0) is 44.8 Å². The van der Waals surface area contributed by atoms with Crippen LogP contribution in [0, 0.1) is 0 Å². The number of nitrogens with one attached hydrogen (secondary N) is 1. The highest BCUT2D eigenvalue weighted by molar-refractivity contribution is 7.91. The molecule has 0 amide bonds. The third-order valence-corrected chi connectivity index (χ3v) is 5.82. The molecular weight excluding hydrogens is 256 g/mol. The summed E-state index contributed by atoms with van der Waals surface area (Å²) in [5.41, 5.74) is -0.368. The summed E-state index contributed by atoms with van der Waals surface area (Å²) >= 11 is 5.38. The lowest BCUT2D eigenvalue weighted by molar-refractivity contribution is 0.324. The Labute approximate surface area is 109 Å². The van der Waals surface area contributed by atoms with Crippen LogP contribution in [0.1, 0.15) is 32.6 Å². The van der Waals surface area contributed by atoms with Crippen molar-refractivity contribution in [3.8, 4) is 0 Å². The lowest BCUT2D eigenvalue weighted by Crippen LogP contribution is -2.53. The standard InChI is InChI=1S/C11H20N2O2S2/c1-11(5-8-17(14,15)9-11)12-10(16)13-6-3-2-4-7-13/h2-9H2,1H3,(H,12,16). The Bertz CT molecular complexity index is 402. The molecule has 0 saturated carbocycles. The van der Waals surface area contributed by atoms with Gasteiger partial charge in [-0.25, -0.2) is 8.42 Å². The molecule has 1 N–H and O–H groups in total. The predicted octanol–water partition coefficient (Wildman–Crippen LogP) is 0.924. The summed E-state index contributed by atoms with van der Waals surface area (Å²) in [7, 11) is -2.87. The van der Waals surface area contributed by atoms with Crippen LogP contribution in [0.4, 0.5) is 0 Å². The van der Waals surface area contributed by atoms with E-state index in [1.54, 1.807) is 0 Å². The second-order valence-electron chi connectivity index (χ2n) is 5.38. The third kappa shape index (κ3) is 3.31. The molecule has 0 bridgehead atoms. The Morgan fingerprint density at radius 1 is 1.29 bits per heavy atom. The van der Waals surface area contributed by atoms with Gasteiger partial charge in [-0.2, -0.15) is 0 Å². The summed E-state index contributed by atoms with van der Waals surface area (Å²) in [5.74, 6) is 0.479. The molecule has 2 saturated heterocycles. The molecule has 1 atom stereocenters. The van der Waals surface area contributed by atoms with Gasteiger partial charge in [0.05, 0.1) is 17.0 Å². The zero-order chi connectivity index (χ0) is 12.5. The van der Waals surface area contributed by atoms with Crippen LogP contribution in [0.5, 0.6) is 0 Å². The molecule has 0 aromatic carbocycles. The number of nitrogens with zero attached hydrogens (tertiary/aromatic N) is 1. The average molecular weight is 276 g/mol. The van der Waals surface area contributed by atoms with Crippen LogP contribution in [-0.4, -0.2) is 48.6 Å². The van der Waals surface area contributed by atoms with Crippen LogP contribution in [0.3, 0.4) is 0 Å². The van der Waals surface area contributed by atoms with Gasteiger partial charge >= 0.3 is 0 Å². The van der Waals surface area contributed by atoms with E-state index in [1.807, 2.05) is 6.92 Å². The van der Waals surface area contributed by atoms with Crippen molar-refractivity contribution in [1.29, 1.82) is 0 Å². The summed E-state index contributed by atoms with van der Waals surface area (Å²) in [6.07, 6.45) is 4.28. The van der Waals surface area contributed by atoms with Crippen molar-refractivity contribution in [3.05, 3.63) is 0 Å². The fourth-order valence-corrected chi connectivity index (χ4v) is 5.07. The Hall–Kier alpha value is -0.360. The maximum absolute atomic E-state index is 11.5. The second kappa shape index (κ2) is 4.72. The van der Waals surface area contributed by atoms with Crippen molar-refractivity contribution in [2.75, 3.05) is 24.6 Å². The monoisotopic (exact) mass is 276 g/mol. The summed E-state index contributed by atoms with van der Waals surface area (Å²) in [6, 6.07) is 0. The molecule has 6 heteroatoms. The van der Waals surface area contributed by atoms with E-state index in [2.05, 4.69) is 10.2 Å². The summed E-state index contributed by atoms with van der Waals surface area (Å²) < 4.78 is 23.0. The second-order valence-corrected chi connectivity index (χ2v) is 7.95. The number of rotatable bonds is 1. The van der Waals surface area contributed by atoms with E-state index >= 15 is 0 Å². The molecule has 1 unspecified atom stereocenters. The molecule has 0 aromatic heterocycles. The molecule has 98 valence electrons. The fraction of sp³-hybridized carbons (Fsp3) is 0.909. The van der Waals surface area contributed by atoms with Gasteiger partial charge in [0.25, 0.3) is 0 Å². The van der Waals surface area contributed by atoms with Crippen molar-refractivity contribution >= 4 is 27.2 Å². The molecule has 4 nitrogen and oxygen atoms in total. The lowest BCUT2D eigenvalue weighted by Gasteiger charge is -2.34. The first-order valence-corrected chi connectivity index (χ1v) is 8.41. The first kappa shape index (κ1) is 13.1. The molecular formula is C11H20N2O2S2. The van der Waals surface area contributed by atoms with Crippen LogP contribution in [-0.2, 0) is 9.84 Å². The largest absolute Gasteiger partial charge is 0.356 e. The zero-order valence-corrected chi connectivity index (χ0v) is 11.9. The van der Waals surface area contributed by atoms with Crippen molar-refractivity contribution in [3.63, 3.8) is 0 Å². The van der Waals surface area contributed by atoms with E-state index in [4.69, 9.17) is 12.2 Å². The van der Waals surface area contributed by atoms with Crippen molar-refractivity contribution < 1.29 is 8.42 Å². The van der Waals surface area contributed by atoms with Gasteiger partial charge in [0.2, 0.25) is 0 Å². The van der Waals surface area contributed by atoms with Crippen molar-refractivity contribution in [1.82, 2.24) is 10.2 Å². The summed E-state index contributed by atoms with van der Waals surface area (Å²) in [5, 5.41) is 3.98. The van der Waals surface area contributed by atoms with Gasteiger partial charge in [-0.15, -0.1) is 0 Å². The Kier molecular flexibility index (Phi) is 3.63. The molecule has 0 aromatic rings. The van der Waals surface area contributed by atoms with Gasteiger partial charge in [0.1, 0.15) is 0 Å². The van der Waals surface area contributed by atoms with Crippen molar-refractivity contribution in [2.24, 2.45) is 0 Å². The molecule has 2 heterocycles. The first-order valence-electron chi connectivity index (χ1n) is 6.18. The van der Waals surface area contributed by atoms with Gasteiger partial charge in [0.15, 0.2) is 14.9 Å². The number of hydrogen-bond acceptors (Lipinski definition) is 3. The van der Waals surface area contributed by atoms with E-state index in [0.29, 0.717) is 6.42 Å². The Balaban J connectivity index is 1.94. The lowest BCUT2D eigenvalue weighted by atomic mass is 10.0. The summed E-state index contributed by atoms with van der Waals surface area (Å²) in [6.45, 7) is 3.94. The minimum absolute atomic E-state index is 0.202. The van der Waals surface area contributed by atoms with Gasteiger partial charge in [0, 0.05) is 13.1 Å². The van der Waals surface area contributed by atoms with E-state index in [0.717, 1.165) is 18.2 Å². The van der Waals surface area contributed by atoms with Gasteiger partial charge in [-0.1, -0.05) is 0 Å². The van der Waals surface area contributed by atoms with Crippen LogP contribution < -0.4 is 5.32 Å². The first-order chi connectivity index (χ1) is 7.90. The molecule has 0 spiro atoms. The molecule has 0 radical (unpaired) electrons. The van der Waals surface area contributed by atoms with E-state index in [1.165, 1.54) is 19.3 Å². The summed E-state index contributed by atoms with van der Waals surface area (Å²) in [4.78, 5) is 2.16. The Morgan fingerprint density at radius 2 is 1.94 bits per heavy atom. The van der Waals surface area contributed by atoms with Gasteiger partial charge in [-0.3, -0.25) is 0 Å². The van der Waals surface area contributed by atoms with Crippen LogP contribution >= 0.6 is 12.2 Å². The smallest absolute Gasteiger partial charge is 0.169 e. The van der Waals surface area contributed by atoms with E-state index in [9.17, 15) is 8.42 Å². The molecule has 2 fully saturated rings. The molecule has 2 aliphatic rings. The average Bonchev–Trinajstić information content (AvgIpc) is 2.54. The minimum Gasteiger partial charge on any atom is -0.356 e. The SMILES string of the molecule is CC1(NC(=S)N2CCCCC2)CCS(=O)(=O)C1. The molecule has 2 aliphatic heterocycles. The van der Waals surface area contributed by atoms with E-state index < -0.39 is 9.84 Å². The maximum Gasteiger partial charge on any atom is 0.169 e. The number of thiocarbonyl (C=S) groups is 1. The van der Waals surface area contributed by atoms with E-state index in [-0.39, 0.29) is 17.0 Å². The van der Waals surface area contributed by atoms with Gasteiger partial charge < -0.3 is 10.2 Å². The van der Waals surface area contributed by atoms with Crippen molar-refractivity contribution in [2.45, 2.75) is 38.1 Å². The molecule has 0 aliphatic carbocycles. The number of likely N-dealkylation sites (tertiary alicyclic amines) is 1. The predicted molar refractivity (Wildman–Crippen MR) is 72.8 cm³/mol. The maximum atomic E-state index is 11.5. The quantitative estimate of drug-likeness (QED) is 0.722. The highest BCUT2D eigenvalue weighted by Gasteiger charge is 2.39. The number of hydrogen-bond donors (Lipinski definition) is 1. The van der Waals surface area contributed by atoms with Crippen LogP contribution in [0.2, 0.25) is 0 Å². The number of piperidine rings is 1. The highest BCUT2D eigenvalue weighted by Crippen LogP contribution is 2.23. The highest BCUT2D eigenvalue weighted by atomic mass is 32.2. The van der Waals surface area contributed by atoms with Crippen LogP contribution in [0.15, 0.2) is 0 Å². The zero-order valence-electron chi connectivity index (χ0n) is 10.2. The third-order valence-electron chi connectivity index (χ3n) is 3.56. The molecule has 2 rings (SSSR count). The van der Waals surface area contributed by atoms with Crippen LogP contribution in [0.25, 0.3) is 0 Å². The topological polar surface area (TPSA) is 49.4 Å². The minimum atomic E-state index is -2.87. The Morgan fingerprint density at radius 3 is 2.47 bits per heavy atom. The molecule has 17 heavy (non-hydrogen) atoms. The number of sulfone groups is 1. The fourth-order valence-electron chi connectivity index (χ4n) is 2.54.